The molecule has 3 heterocycles. The van der Waals surface area contributed by atoms with Gasteiger partial charge in [0.2, 0.25) is 5.95 Å². The smallest absolute Gasteiger partial charge is 0.353 e. The summed E-state index contributed by atoms with van der Waals surface area (Å²) in [5, 5.41) is 3.25. The number of rotatable bonds is 4. The highest BCUT2D eigenvalue weighted by Gasteiger charge is 2.36. The molecule has 1 N–H and O–H groups in total. The maximum Gasteiger partial charge on any atom is 0.419 e. The summed E-state index contributed by atoms with van der Waals surface area (Å²) in [6.07, 6.45) is -1.37. The van der Waals surface area contributed by atoms with Gasteiger partial charge in [0.25, 0.3) is 0 Å². The number of nitrogens with zero attached hydrogens (tertiary/aromatic N) is 5. The standard InChI is InChI=1S/C21H21F3N6/c1-15-4-6-16(7-5-15)27-18-8-10-26-20(28-18)30-13-11-29(12-14-30)19-17(21(22,23)24)3-2-9-25-19/h2-10H,11-14H2,1H3,(H,26,27,28). The van der Waals surface area contributed by atoms with E-state index in [1.807, 2.05) is 36.1 Å². The van der Waals surface area contributed by atoms with Gasteiger partial charge in [0.1, 0.15) is 11.6 Å². The maximum atomic E-state index is 13.3. The molecule has 1 aliphatic heterocycles. The molecular weight excluding hydrogens is 393 g/mol. The molecule has 0 amide bonds. The van der Waals surface area contributed by atoms with Gasteiger partial charge >= 0.3 is 6.18 Å². The Morgan fingerprint density at radius 3 is 2.27 bits per heavy atom. The van der Waals surface area contributed by atoms with Crippen LogP contribution in [0, 0.1) is 6.92 Å². The molecule has 156 valence electrons. The van der Waals surface area contributed by atoms with Crippen LogP contribution >= 0.6 is 0 Å². The van der Waals surface area contributed by atoms with E-state index in [0.717, 1.165) is 11.8 Å². The van der Waals surface area contributed by atoms with Crippen molar-refractivity contribution >= 4 is 23.3 Å². The predicted molar refractivity (Wildman–Crippen MR) is 110 cm³/mol. The molecule has 0 saturated carbocycles. The van der Waals surface area contributed by atoms with Crippen molar-refractivity contribution in [2.75, 3.05) is 41.3 Å². The van der Waals surface area contributed by atoms with Gasteiger partial charge in [0.05, 0.1) is 5.56 Å². The molecule has 4 rings (SSSR count). The van der Waals surface area contributed by atoms with E-state index in [-0.39, 0.29) is 5.82 Å². The average molecular weight is 414 g/mol. The molecule has 0 radical (unpaired) electrons. The minimum Gasteiger partial charge on any atom is -0.353 e. The minimum atomic E-state index is -4.43. The topological polar surface area (TPSA) is 57.2 Å². The largest absolute Gasteiger partial charge is 0.419 e. The Morgan fingerprint density at radius 2 is 1.57 bits per heavy atom. The molecule has 0 bridgehead atoms. The number of hydrogen-bond acceptors (Lipinski definition) is 6. The number of nitrogens with one attached hydrogen (secondary N) is 1. The van der Waals surface area contributed by atoms with Gasteiger partial charge < -0.3 is 15.1 Å². The zero-order valence-electron chi connectivity index (χ0n) is 16.4. The second kappa shape index (κ2) is 8.17. The SMILES string of the molecule is Cc1ccc(Nc2ccnc(N3CCN(c4ncccc4C(F)(F)F)CC3)n2)cc1. The van der Waals surface area contributed by atoms with Crippen molar-refractivity contribution in [1.82, 2.24) is 15.0 Å². The Labute approximate surface area is 172 Å². The molecule has 2 aromatic heterocycles. The van der Waals surface area contributed by atoms with Gasteiger partial charge in [-0.05, 0) is 37.3 Å². The minimum absolute atomic E-state index is 0.0274. The Balaban J connectivity index is 1.44. The molecule has 30 heavy (non-hydrogen) atoms. The third-order valence-electron chi connectivity index (χ3n) is 4.92. The molecule has 9 heteroatoms. The second-order valence-corrected chi connectivity index (χ2v) is 7.08. The first-order chi connectivity index (χ1) is 14.4. The van der Waals surface area contributed by atoms with Crippen LogP contribution in [0.25, 0.3) is 0 Å². The first kappa shape index (κ1) is 19.9. The van der Waals surface area contributed by atoms with Gasteiger partial charge in [-0.1, -0.05) is 17.7 Å². The van der Waals surface area contributed by atoms with Crippen LogP contribution < -0.4 is 15.1 Å². The normalized spacial score (nSPS) is 14.7. The number of pyridine rings is 1. The highest BCUT2D eigenvalue weighted by atomic mass is 19.4. The van der Waals surface area contributed by atoms with Crippen molar-refractivity contribution in [1.29, 1.82) is 0 Å². The van der Waals surface area contributed by atoms with Crippen LogP contribution in [-0.4, -0.2) is 41.1 Å². The van der Waals surface area contributed by atoms with E-state index in [2.05, 4.69) is 20.3 Å². The van der Waals surface area contributed by atoms with Crippen LogP contribution in [0.15, 0.2) is 54.9 Å². The second-order valence-electron chi connectivity index (χ2n) is 7.08. The zero-order valence-corrected chi connectivity index (χ0v) is 16.4. The molecule has 1 aromatic carbocycles. The van der Waals surface area contributed by atoms with Gasteiger partial charge in [0, 0.05) is 44.3 Å². The van der Waals surface area contributed by atoms with Crippen LogP contribution in [0.2, 0.25) is 0 Å². The van der Waals surface area contributed by atoms with Gasteiger partial charge in [-0.3, -0.25) is 0 Å². The first-order valence-corrected chi connectivity index (χ1v) is 9.59. The van der Waals surface area contributed by atoms with Crippen molar-refractivity contribution in [2.45, 2.75) is 13.1 Å². The molecule has 0 spiro atoms. The van der Waals surface area contributed by atoms with Crippen LogP contribution in [0.5, 0.6) is 0 Å². The number of aryl methyl sites for hydroxylation is 1. The Morgan fingerprint density at radius 1 is 0.867 bits per heavy atom. The zero-order chi connectivity index (χ0) is 21.1. The predicted octanol–water partition coefficient (Wildman–Crippen LogP) is 4.27. The summed E-state index contributed by atoms with van der Waals surface area (Å²) in [5.74, 6) is 1.18. The number of hydrogen-bond donors (Lipinski definition) is 1. The molecule has 6 nitrogen and oxygen atoms in total. The maximum absolute atomic E-state index is 13.3. The number of halogens is 3. The molecule has 1 fully saturated rings. The number of benzene rings is 1. The fourth-order valence-corrected chi connectivity index (χ4v) is 3.34. The third kappa shape index (κ3) is 4.45. The molecule has 0 atom stereocenters. The summed E-state index contributed by atoms with van der Waals surface area (Å²) in [7, 11) is 0. The lowest BCUT2D eigenvalue weighted by Crippen LogP contribution is -2.48. The van der Waals surface area contributed by atoms with E-state index in [9.17, 15) is 13.2 Å². The summed E-state index contributed by atoms with van der Waals surface area (Å²) in [6.45, 7) is 3.83. The Kier molecular flexibility index (Phi) is 5.43. The van der Waals surface area contributed by atoms with Crippen LogP contribution in [0.3, 0.4) is 0 Å². The van der Waals surface area contributed by atoms with Crippen molar-refractivity contribution in [3.8, 4) is 0 Å². The van der Waals surface area contributed by atoms with Crippen LogP contribution in [-0.2, 0) is 6.18 Å². The van der Waals surface area contributed by atoms with Crippen molar-refractivity contribution in [2.24, 2.45) is 0 Å². The van der Waals surface area contributed by atoms with E-state index in [1.165, 1.54) is 17.8 Å². The van der Waals surface area contributed by atoms with E-state index in [4.69, 9.17) is 0 Å². The van der Waals surface area contributed by atoms with Gasteiger partial charge in [0.15, 0.2) is 0 Å². The van der Waals surface area contributed by atoms with Crippen molar-refractivity contribution < 1.29 is 13.2 Å². The number of aromatic nitrogens is 3. The molecule has 1 saturated heterocycles. The van der Waals surface area contributed by atoms with E-state index in [1.54, 1.807) is 17.2 Å². The summed E-state index contributed by atoms with van der Waals surface area (Å²) in [5.41, 5.74) is 1.38. The fourth-order valence-electron chi connectivity index (χ4n) is 3.34. The monoisotopic (exact) mass is 414 g/mol. The van der Waals surface area contributed by atoms with Crippen molar-refractivity contribution in [3.05, 3.63) is 66.0 Å². The van der Waals surface area contributed by atoms with Gasteiger partial charge in [-0.2, -0.15) is 18.2 Å². The molecule has 0 aliphatic carbocycles. The molecule has 1 aliphatic rings. The lowest BCUT2D eigenvalue weighted by atomic mass is 10.2. The van der Waals surface area contributed by atoms with E-state index in [0.29, 0.717) is 37.9 Å². The van der Waals surface area contributed by atoms with Gasteiger partial charge in [-0.25, -0.2) is 9.97 Å². The number of alkyl halides is 3. The highest BCUT2D eigenvalue weighted by molar-refractivity contribution is 5.57. The van der Waals surface area contributed by atoms with Crippen LogP contribution in [0.1, 0.15) is 11.1 Å². The number of anilines is 4. The molecular formula is C21H21F3N6. The summed E-state index contributed by atoms with van der Waals surface area (Å²) >= 11 is 0. The highest BCUT2D eigenvalue weighted by Crippen LogP contribution is 2.35. The van der Waals surface area contributed by atoms with E-state index >= 15 is 0 Å². The third-order valence-corrected chi connectivity index (χ3v) is 4.92. The van der Waals surface area contributed by atoms with Crippen molar-refractivity contribution in [3.63, 3.8) is 0 Å². The number of piperazine rings is 1. The fraction of sp³-hybridized carbons (Fsp3) is 0.286. The quantitative estimate of drug-likeness (QED) is 0.688. The molecule has 0 unspecified atom stereocenters. The summed E-state index contributed by atoms with van der Waals surface area (Å²) in [4.78, 5) is 16.5. The Bertz CT molecular complexity index is 998. The molecule has 3 aromatic rings. The van der Waals surface area contributed by atoms with Crippen LogP contribution in [0.4, 0.5) is 36.4 Å². The lowest BCUT2D eigenvalue weighted by Gasteiger charge is -2.36. The Hall–Kier alpha value is -3.36. The summed E-state index contributed by atoms with van der Waals surface area (Å²) < 4.78 is 39.9. The van der Waals surface area contributed by atoms with Gasteiger partial charge in [-0.15, -0.1) is 0 Å². The van der Waals surface area contributed by atoms with E-state index < -0.39 is 11.7 Å². The average Bonchev–Trinajstić information content (AvgIpc) is 2.75. The lowest BCUT2D eigenvalue weighted by molar-refractivity contribution is -0.137. The first-order valence-electron chi connectivity index (χ1n) is 9.59. The summed E-state index contributed by atoms with van der Waals surface area (Å²) in [6, 6.07) is 12.1.